The largest absolute Gasteiger partial charge is 0.392 e. The second-order valence-electron chi connectivity index (χ2n) is 3.95. The Balaban J connectivity index is 1.92. The van der Waals surface area contributed by atoms with Crippen molar-refractivity contribution >= 4 is 23.4 Å². The van der Waals surface area contributed by atoms with Crippen LogP contribution in [0.15, 0.2) is 24.3 Å². The maximum absolute atomic E-state index is 10.0. The Morgan fingerprint density at radius 3 is 2.73 bits per heavy atom. The van der Waals surface area contributed by atoms with Crippen molar-refractivity contribution in [2.24, 2.45) is 0 Å². The van der Waals surface area contributed by atoms with Gasteiger partial charge in [-0.25, -0.2) is 0 Å². The number of hydrogen-bond donors (Lipinski definition) is 1. The molecular weight excluding hydrogens is 228 g/mol. The van der Waals surface area contributed by atoms with E-state index >= 15 is 0 Å². The maximum atomic E-state index is 10.0. The molecule has 1 heterocycles. The number of aliphatic hydroxyl groups is 1. The minimum atomic E-state index is -0.210. The molecule has 1 N–H and O–H groups in total. The van der Waals surface area contributed by atoms with E-state index in [0.717, 1.165) is 17.9 Å². The van der Waals surface area contributed by atoms with Crippen LogP contribution in [0.1, 0.15) is 18.4 Å². The van der Waals surface area contributed by atoms with Crippen LogP contribution in [0.3, 0.4) is 0 Å². The van der Waals surface area contributed by atoms with E-state index < -0.39 is 0 Å². The van der Waals surface area contributed by atoms with Gasteiger partial charge in [-0.3, -0.25) is 0 Å². The summed E-state index contributed by atoms with van der Waals surface area (Å²) in [5.74, 6) is 1.20. The Morgan fingerprint density at radius 2 is 2.13 bits per heavy atom. The van der Waals surface area contributed by atoms with Gasteiger partial charge in [0.2, 0.25) is 0 Å². The summed E-state index contributed by atoms with van der Waals surface area (Å²) >= 11 is 7.71. The highest BCUT2D eigenvalue weighted by Gasteiger charge is 2.23. The van der Waals surface area contributed by atoms with E-state index in [4.69, 9.17) is 11.6 Å². The first-order valence-corrected chi connectivity index (χ1v) is 6.72. The van der Waals surface area contributed by atoms with Crippen LogP contribution in [0.4, 0.5) is 0 Å². The van der Waals surface area contributed by atoms with Gasteiger partial charge >= 0.3 is 0 Å². The van der Waals surface area contributed by atoms with Crippen molar-refractivity contribution in [3.05, 3.63) is 34.9 Å². The number of halogens is 1. The topological polar surface area (TPSA) is 20.2 Å². The van der Waals surface area contributed by atoms with Crippen LogP contribution in [0.5, 0.6) is 0 Å². The summed E-state index contributed by atoms with van der Waals surface area (Å²) in [6.07, 6.45) is 2.93. The van der Waals surface area contributed by atoms with Crippen molar-refractivity contribution < 1.29 is 5.11 Å². The summed E-state index contributed by atoms with van der Waals surface area (Å²) in [6.45, 7) is 0. The fourth-order valence-corrected chi connectivity index (χ4v) is 3.31. The highest BCUT2D eigenvalue weighted by molar-refractivity contribution is 8.00. The van der Waals surface area contributed by atoms with Gasteiger partial charge in [0.15, 0.2) is 0 Å². The number of aliphatic hydroxyl groups excluding tert-OH is 1. The summed E-state index contributed by atoms with van der Waals surface area (Å²) in [5, 5.41) is 11.2. The Morgan fingerprint density at radius 1 is 1.40 bits per heavy atom. The molecule has 0 amide bonds. The molecule has 1 aliphatic rings. The van der Waals surface area contributed by atoms with Crippen molar-refractivity contribution in [3.8, 4) is 0 Å². The lowest BCUT2D eigenvalue weighted by Gasteiger charge is -2.16. The molecule has 2 rings (SSSR count). The molecule has 0 saturated carbocycles. The van der Waals surface area contributed by atoms with Gasteiger partial charge in [0.25, 0.3) is 0 Å². The van der Waals surface area contributed by atoms with Crippen LogP contribution in [-0.4, -0.2) is 22.2 Å². The van der Waals surface area contributed by atoms with Crippen molar-refractivity contribution in [1.82, 2.24) is 0 Å². The average Bonchev–Trinajstić information content (AvgIpc) is 2.74. The van der Waals surface area contributed by atoms with Crippen LogP contribution in [0, 0.1) is 0 Å². The molecule has 0 aliphatic carbocycles. The van der Waals surface area contributed by atoms with Crippen LogP contribution in [0.2, 0.25) is 5.02 Å². The molecule has 1 aromatic carbocycles. The highest BCUT2D eigenvalue weighted by Crippen LogP contribution is 2.30. The van der Waals surface area contributed by atoms with E-state index in [9.17, 15) is 5.11 Å². The molecule has 1 saturated heterocycles. The lowest BCUT2D eigenvalue weighted by Crippen LogP contribution is -2.22. The van der Waals surface area contributed by atoms with Crippen LogP contribution in [0.25, 0.3) is 0 Å². The normalized spacial score (nSPS) is 22.9. The fraction of sp³-hybridized carbons (Fsp3) is 0.500. The zero-order valence-electron chi connectivity index (χ0n) is 8.53. The molecule has 1 aromatic rings. The molecule has 1 fully saturated rings. The molecule has 1 aliphatic heterocycles. The van der Waals surface area contributed by atoms with Gasteiger partial charge in [-0.15, -0.1) is 0 Å². The maximum Gasteiger partial charge on any atom is 0.0699 e. The fourth-order valence-electron chi connectivity index (χ4n) is 1.90. The van der Waals surface area contributed by atoms with Crippen molar-refractivity contribution in [2.75, 3.05) is 5.75 Å². The first-order valence-electron chi connectivity index (χ1n) is 5.30. The van der Waals surface area contributed by atoms with Gasteiger partial charge in [0.1, 0.15) is 0 Å². The zero-order valence-corrected chi connectivity index (χ0v) is 10.1. The molecule has 2 unspecified atom stereocenters. The summed E-state index contributed by atoms with van der Waals surface area (Å²) in [5.41, 5.74) is 1.17. The molecule has 0 spiro atoms. The first kappa shape index (κ1) is 11.3. The number of rotatable bonds is 3. The van der Waals surface area contributed by atoms with E-state index in [2.05, 4.69) is 0 Å². The quantitative estimate of drug-likeness (QED) is 0.879. The minimum Gasteiger partial charge on any atom is -0.392 e. The van der Waals surface area contributed by atoms with Gasteiger partial charge < -0.3 is 5.11 Å². The van der Waals surface area contributed by atoms with Crippen LogP contribution in [-0.2, 0) is 6.42 Å². The average molecular weight is 243 g/mol. The van der Waals surface area contributed by atoms with E-state index in [1.165, 1.54) is 17.7 Å². The summed E-state index contributed by atoms with van der Waals surface area (Å²) in [7, 11) is 0. The monoisotopic (exact) mass is 242 g/mol. The molecule has 3 heteroatoms. The molecular formula is C12H15ClOS. The second-order valence-corrected chi connectivity index (χ2v) is 5.73. The molecule has 0 radical (unpaired) electrons. The molecule has 15 heavy (non-hydrogen) atoms. The third-order valence-corrected chi connectivity index (χ3v) is 4.51. The van der Waals surface area contributed by atoms with Crippen molar-refractivity contribution in [3.63, 3.8) is 0 Å². The Labute approximate surface area is 99.8 Å². The first-order chi connectivity index (χ1) is 7.25. The third-order valence-electron chi connectivity index (χ3n) is 2.75. The van der Waals surface area contributed by atoms with Gasteiger partial charge in [-0.1, -0.05) is 23.7 Å². The lowest BCUT2D eigenvalue weighted by atomic mass is 10.0. The smallest absolute Gasteiger partial charge is 0.0699 e. The number of hydrogen-bond acceptors (Lipinski definition) is 2. The number of thioether (sulfide) groups is 1. The van der Waals surface area contributed by atoms with Crippen molar-refractivity contribution in [1.29, 1.82) is 0 Å². The zero-order chi connectivity index (χ0) is 10.7. The van der Waals surface area contributed by atoms with E-state index in [1.807, 2.05) is 36.0 Å². The summed E-state index contributed by atoms with van der Waals surface area (Å²) in [6, 6.07) is 7.74. The van der Waals surface area contributed by atoms with E-state index in [0.29, 0.717) is 5.25 Å². The predicted molar refractivity (Wildman–Crippen MR) is 66.6 cm³/mol. The van der Waals surface area contributed by atoms with Gasteiger partial charge in [-0.2, -0.15) is 11.8 Å². The number of benzene rings is 1. The van der Waals surface area contributed by atoms with Crippen LogP contribution >= 0.6 is 23.4 Å². The molecule has 1 nitrogen and oxygen atoms in total. The minimum absolute atomic E-state index is 0.210. The highest BCUT2D eigenvalue weighted by atomic mass is 35.5. The SMILES string of the molecule is OC(Cc1ccc(Cl)cc1)C1CCCS1. The summed E-state index contributed by atoms with van der Waals surface area (Å²) in [4.78, 5) is 0. The second kappa shape index (κ2) is 5.24. The third kappa shape index (κ3) is 3.13. The van der Waals surface area contributed by atoms with E-state index in [1.54, 1.807) is 0 Å². The van der Waals surface area contributed by atoms with Gasteiger partial charge in [0.05, 0.1) is 6.10 Å². The molecule has 2 atom stereocenters. The lowest BCUT2D eigenvalue weighted by molar-refractivity contribution is 0.170. The van der Waals surface area contributed by atoms with Gasteiger partial charge in [0, 0.05) is 10.3 Å². The molecule has 82 valence electrons. The standard InChI is InChI=1S/C12H15ClOS/c13-10-5-3-9(4-6-10)8-11(14)12-2-1-7-15-12/h3-6,11-12,14H,1-2,7-8H2. The molecule has 0 bridgehead atoms. The Bertz CT molecular complexity index is 306. The Hall–Kier alpha value is -0.180. The predicted octanol–water partition coefficient (Wildman–Crippen LogP) is 3.14. The van der Waals surface area contributed by atoms with E-state index in [-0.39, 0.29) is 6.10 Å². The van der Waals surface area contributed by atoms with Gasteiger partial charge in [-0.05, 0) is 42.7 Å². The Kier molecular flexibility index (Phi) is 3.95. The molecule has 0 aromatic heterocycles. The summed E-state index contributed by atoms with van der Waals surface area (Å²) < 4.78 is 0. The van der Waals surface area contributed by atoms with Crippen LogP contribution < -0.4 is 0 Å². The van der Waals surface area contributed by atoms with Crippen molar-refractivity contribution in [2.45, 2.75) is 30.6 Å².